The number of nitrogens with zero attached hydrogens (tertiary/aromatic N) is 3. The zero-order chi connectivity index (χ0) is 23.7. The normalized spacial score (nSPS) is 17.6. The van der Waals surface area contributed by atoms with Gasteiger partial charge in [0.25, 0.3) is 0 Å². The number of benzene rings is 2. The van der Waals surface area contributed by atoms with E-state index < -0.39 is 0 Å². The smallest absolute Gasteiger partial charge is 0.0731 e. The van der Waals surface area contributed by atoms with E-state index in [1.54, 1.807) is 0 Å². The largest absolute Gasteiger partial charge is 0.371 e. The quantitative estimate of drug-likeness (QED) is 0.388. The van der Waals surface area contributed by atoms with Gasteiger partial charge >= 0.3 is 0 Å². The van der Waals surface area contributed by atoms with Gasteiger partial charge in [-0.15, -0.1) is 0 Å². The second-order valence-electron chi connectivity index (χ2n) is 10.1. The molecule has 1 aromatic heterocycles. The van der Waals surface area contributed by atoms with Gasteiger partial charge in [-0.2, -0.15) is 0 Å². The third-order valence-electron chi connectivity index (χ3n) is 8.04. The predicted molar refractivity (Wildman–Crippen MR) is 144 cm³/mol. The summed E-state index contributed by atoms with van der Waals surface area (Å²) < 4.78 is 0. The van der Waals surface area contributed by atoms with Crippen molar-refractivity contribution in [1.29, 1.82) is 0 Å². The van der Waals surface area contributed by atoms with Crippen LogP contribution in [0, 0.1) is 6.92 Å². The molecule has 0 N–H and O–H groups in total. The second kappa shape index (κ2) is 9.92. The number of fused-ring (bicyclic) bond motifs is 1. The molecule has 5 rings (SSSR count). The number of hydrogen-bond donors (Lipinski definition) is 0. The minimum Gasteiger partial charge on any atom is -0.371 e. The van der Waals surface area contributed by atoms with Crippen LogP contribution in [-0.4, -0.2) is 30.0 Å². The van der Waals surface area contributed by atoms with Crippen molar-refractivity contribution in [1.82, 2.24) is 9.88 Å². The van der Waals surface area contributed by atoms with E-state index in [0.717, 1.165) is 38.2 Å². The fourth-order valence-corrected chi connectivity index (χ4v) is 5.96. The van der Waals surface area contributed by atoms with Crippen LogP contribution in [0.2, 0.25) is 0 Å². The standard InChI is InChI=1S/C31H39N3/c1-5-23-13-9-14-24(6-2)31(23)28-20-30(34-18-11-19-34)27(22(3)32-28)21-33(4)29-17-10-15-25-12-7-8-16-26(25)29/h7-9,12-14,16,20,29H,5-6,10-11,15,17-19,21H2,1-4H3/t29-/m0/s1. The van der Waals surface area contributed by atoms with Gasteiger partial charge in [0.05, 0.1) is 5.69 Å². The Labute approximate surface area is 205 Å². The van der Waals surface area contributed by atoms with Gasteiger partial charge in [-0.05, 0) is 80.8 Å². The van der Waals surface area contributed by atoms with Crippen molar-refractivity contribution < 1.29 is 0 Å². The summed E-state index contributed by atoms with van der Waals surface area (Å²) in [6, 6.07) is 18.7. The topological polar surface area (TPSA) is 19.4 Å². The maximum absolute atomic E-state index is 5.25. The molecule has 3 heteroatoms. The van der Waals surface area contributed by atoms with E-state index in [4.69, 9.17) is 4.98 Å². The van der Waals surface area contributed by atoms with Crippen molar-refractivity contribution >= 4 is 5.69 Å². The molecule has 0 saturated carbocycles. The van der Waals surface area contributed by atoms with Crippen LogP contribution in [-0.2, 0) is 25.8 Å². The van der Waals surface area contributed by atoms with Crippen molar-refractivity contribution in [3.63, 3.8) is 0 Å². The van der Waals surface area contributed by atoms with Crippen LogP contribution in [0.15, 0.2) is 48.5 Å². The summed E-state index contributed by atoms with van der Waals surface area (Å²) in [6.07, 6.45) is 7.08. The highest BCUT2D eigenvalue weighted by Gasteiger charge is 2.27. The average Bonchev–Trinajstić information content (AvgIpc) is 2.83. The molecule has 1 fully saturated rings. The molecule has 0 amide bonds. The first kappa shape index (κ1) is 23.1. The summed E-state index contributed by atoms with van der Waals surface area (Å²) in [5.74, 6) is 0. The SMILES string of the molecule is CCc1cccc(CC)c1-c1cc(N2CCC2)c(CN(C)[C@H]2CCCc3ccccc32)c(C)n1. The predicted octanol–water partition coefficient (Wildman–Crippen LogP) is 6.90. The Hall–Kier alpha value is -2.65. The molecule has 2 heterocycles. The van der Waals surface area contributed by atoms with E-state index in [-0.39, 0.29) is 0 Å². The Morgan fingerprint density at radius 1 is 0.971 bits per heavy atom. The minimum atomic E-state index is 0.487. The Balaban J connectivity index is 1.53. The summed E-state index contributed by atoms with van der Waals surface area (Å²) in [5.41, 5.74) is 12.4. The molecule has 0 spiro atoms. The van der Waals surface area contributed by atoms with Crippen molar-refractivity contribution in [3.05, 3.63) is 82.0 Å². The van der Waals surface area contributed by atoms with Gasteiger partial charge in [-0.1, -0.05) is 56.3 Å². The highest BCUT2D eigenvalue weighted by molar-refractivity contribution is 5.73. The van der Waals surface area contributed by atoms with Crippen LogP contribution < -0.4 is 4.90 Å². The van der Waals surface area contributed by atoms with E-state index in [1.807, 2.05) is 0 Å². The van der Waals surface area contributed by atoms with Gasteiger partial charge in [-0.25, -0.2) is 0 Å². The number of aryl methyl sites for hydroxylation is 4. The molecule has 1 atom stereocenters. The highest BCUT2D eigenvalue weighted by Crippen LogP contribution is 2.38. The van der Waals surface area contributed by atoms with Crippen LogP contribution >= 0.6 is 0 Å². The fourth-order valence-electron chi connectivity index (χ4n) is 5.96. The summed E-state index contributed by atoms with van der Waals surface area (Å²) in [4.78, 5) is 10.4. The van der Waals surface area contributed by atoms with Crippen molar-refractivity contribution in [3.8, 4) is 11.3 Å². The van der Waals surface area contributed by atoms with E-state index >= 15 is 0 Å². The zero-order valence-corrected chi connectivity index (χ0v) is 21.4. The summed E-state index contributed by atoms with van der Waals surface area (Å²) in [5, 5.41) is 0. The van der Waals surface area contributed by atoms with Gasteiger partial charge in [0.2, 0.25) is 0 Å². The maximum atomic E-state index is 5.25. The Morgan fingerprint density at radius 2 is 1.71 bits per heavy atom. The van der Waals surface area contributed by atoms with E-state index in [0.29, 0.717) is 6.04 Å². The summed E-state index contributed by atoms with van der Waals surface area (Å²) in [7, 11) is 2.31. The van der Waals surface area contributed by atoms with E-state index in [2.05, 4.69) is 86.1 Å². The molecule has 0 bridgehead atoms. The first-order valence-corrected chi connectivity index (χ1v) is 13.2. The third-order valence-corrected chi connectivity index (χ3v) is 8.04. The molecule has 1 aliphatic heterocycles. The Morgan fingerprint density at radius 3 is 2.38 bits per heavy atom. The van der Waals surface area contributed by atoms with E-state index in [1.165, 1.54) is 70.4 Å². The fraction of sp³-hybridized carbons (Fsp3) is 0.452. The Kier molecular flexibility index (Phi) is 6.74. The van der Waals surface area contributed by atoms with Crippen LogP contribution in [0.5, 0.6) is 0 Å². The molecule has 0 radical (unpaired) electrons. The van der Waals surface area contributed by atoms with Crippen LogP contribution in [0.1, 0.15) is 72.7 Å². The van der Waals surface area contributed by atoms with Gasteiger partial charge in [0, 0.05) is 48.2 Å². The molecule has 2 aliphatic rings. The highest BCUT2D eigenvalue weighted by atomic mass is 15.2. The van der Waals surface area contributed by atoms with Crippen LogP contribution in [0.3, 0.4) is 0 Å². The van der Waals surface area contributed by atoms with Crippen LogP contribution in [0.25, 0.3) is 11.3 Å². The molecule has 178 valence electrons. The summed E-state index contributed by atoms with van der Waals surface area (Å²) >= 11 is 0. The lowest BCUT2D eigenvalue weighted by molar-refractivity contribution is 0.212. The molecule has 34 heavy (non-hydrogen) atoms. The average molecular weight is 454 g/mol. The number of aromatic nitrogens is 1. The number of hydrogen-bond acceptors (Lipinski definition) is 3. The third kappa shape index (κ3) is 4.27. The molecule has 1 aliphatic carbocycles. The van der Waals surface area contributed by atoms with Gasteiger partial charge in [-0.3, -0.25) is 9.88 Å². The van der Waals surface area contributed by atoms with Crippen molar-refractivity contribution in [2.45, 2.75) is 71.9 Å². The van der Waals surface area contributed by atoms with Gasteiger partial charge in [0.1, 0.15) is 0 Å². The number of rotatable bonds is 7. The maximum Gasteiger partial charge on any atom is 0.0731 e. The molecule has 3 nitrogen and oxygen atoms in total. The zero-order valence-electron chi connectivity index (χ0n) is 21.4. The molecular weight excluding hydrogens is 414 g/mol. The molecule has 0 unspecified atom stereocenters. The van der Waals surface area contributed by atoms with E-state index in [9.17, 15) is 0 Å². The summed E-state index contributed by atoms with van der Waals surface area (Å²) in [6.45, 7) is 9.99. The first-order valence-electron chi connectivity index (χ1n) is 13.2. The van der Waals surface area contributed by atoms with Gasteiger partial charge < -0.3 is 4.90 Å². The van der Waals surface area contributed by atoms with Gasteiger partial charge in [0.15, 0.2) is 0 Å². The lowest BCUT2D eigenvalue weighted by atomic mass is 9.86. The number of pyridine rings is 1. The monoisotopic (exact) mass is 453 g/mol. The lowest BCUT2D eigenvalue weighted by Crippen LogP contribution is -2.38. The Bertz CT molecular complexity index is 1140. The lowest BCUT2D eigenvalue weighted by Gasteiger charge is -2.38. The van der Waals surface area contributed by atoms with Crippen LogP contribution in [0.4, 0.5) is 5.69 Å². The second-order valence-corrected chi connectivity index (χ2v) is 10.1. The molecule has 2 aromatic carbocycles. The number of anilines is 1. The first-order chi connectivity index (χ1) is 16.6. The molecule has 3 aromatic rings. The minimum absolute atomic E-state index is 0.487. The van der Waals surface area contributed by atoms with Crippen molar-refractivity contribution in [2.75, 3.05) is 25.0 Å². The molecular formula is C31H39N3. The molecule has 1 saturated heterocycles. The van der Waals surface area contributed by atoms with Crippen molar-refractivity contribution in [2.24, 2.45) is 0 Å².